The van der Waals surface area contributed by atoms with Gasteiger partial charge in [-0.05, 0) is 36.5 Å². The van der Waals surface area contributed by atoms with Crippen molar-refractivity contribution in [2.24, 2.45) is 11.1 Å². The van der Waals surface area contributed by atoms with Crippen LogP contribution in [0.5, 0.6) is 0 Å². The zero-order valence-electron chi connectivity index (χ0n) is 12.1. The van der Waals surface area contributed by atoms with Crippen LogP contribution in [0.15, 0.2) is 22.7 Å². The number of carboxylic acid groups (broad SMARTS) is 1. The van der Waals surface area contributed by atoms with E-state index in [0.29, 0.717) is 17.8 Å². The maximum absolute atomic E-state index is 11.7. The number of amides is 1. The Hall–Kier alpha value is -1.56. The number of carboxylic acids is 1. The number of carbonyl (C=O) groups is 2. The summed E-state index contributed by atoms with van der Waals surface area (Å²) >= 11 is 3.31. The van der Waals surface area contributed by atoms with Gasteiger partial charge in [-0.1, -0.05) is 29.8 Å². The van der Waals surface area contributed by atoms with Gasteiger partial charge in [-0.2, -0.15) is 0 Å². The molecular formula is C15H19BrN2O3. The molecule has 1 unspecified atom stereocenters. The lowest BCUT2D eigenvalue weighted by Gasteiger charge is -2.45. The molecule has 114 valence electrons. The summed E-state index contributed by atoms with van der Waals surface area (Å²) in [6.07, 6.45) is 1.72. The molecule has 0 aromatic heterocycles. The third-order valence-corrected chi connectivity index (χ3v) is 4.53. The van der Waals surface area contributed by atoms with E-state index in [-0.39, 0.29) is 5.41 Å². The molecule has 1 heterocycles. The molecule has 1 aromatic carbocycles. The Bertz CT molecular complexity index is 586. The molecule has 0 aliphatic carbocycles. The average molecular weight is 355 g/mol. The number of aliphatic carboxylic acids is 1. The highest BCUT2D eigenvalue weighted by molar-refractivity contribution is 9.10. The van der Waals surface area contributed by atoms with Gasteiger partial charge in [-0.25, -0.2) is 4.79 Å². The molecular weight excluding hydrogens is 336 g/mol. The maximum Gasteiger partial charge on any atom is 0.326 e. The minimum atomic E-state index is -0.877. The van der Waals surface area contributed by atoms with Crippen LogP contribution < -0.4 is 10.6 Å². The molecule has 1 aliphatic heterocycles. The van der Waals surface area contributed by atoms with E-state index in [1.165, 1.54) is 0 Å². The molecule has 21 heavy (non-hydrogen) atoms. The van der Waals surface area contributed by atoms with Gasteiger partial charge in [0.25, 0.3) is 5.91 Å². The largest absolute Gasteiger partial charge is 0.480 e. The lowest BCUT2D eigenvalue weighted by atomic mass is 9.76. The van der Waals surface area contributed by atoms with Gasteiger partial charge in [0.15, 0.2) is 0 Å². The molecule has 1 aliphatic rings. The summed E-state index contributed by atoms with van der Waals surface area (Å²) in [4.78, 5) is 25.2. The van der Waals surface area contributed by atoms with E-state index in [1.54, 1.807) is 23.1 Å². The van der Waals surface area contributed by atoms with Gasteiger partial charge in [0, 0.05) is 11.0 Å². The third-order valence-electron chi connectivity index (χ3n) is 4.04. The standard InChI is InChI=1S/C15H19BrN2O3/c1-15(2)6-3-7-18(12(15)14(20)21)11-5-4-9(16)8-10(11)13(17)19/h4-5,8,12H,3,6-7H2,1-2H3,(H2,17,19)(H,20,21). The number of rotatable bonds is 3. The maximum atomic E-state index is 11.7. The lowest BCUT2D eigenvalue weighted by Crippen LogP contribution is -2.54. The van der Waals surface area contributed by atoms with Crippen LogP contribution >= 0.6 is 15.9 Å². The molecule has 6 heteroatoms. The number of carbonyl (C=O) groups excluding carboxylic acids is 1. The first-order valence-electron chi connectivity index (χ1n) is 6.83. The Labute approximate surface area is 132 Å². The molecule has 0 bridgehead atoms. The second-order valence-electron chi connectivity index (χ2n) is 6.05. The van der Waals surface area contributed by atoms with Gasteiger partial charge in [0.05, 0.1) is 11.3 Å². The summed E-state index contributed by atoms with van der Waals surface area (Å²) in [6, 6.07) is 4.51. The van der Waals surface area contributed by atoms with Crippen LogP contribution in [0.2, 0.25) is 0 Å². The quantitative estimate of drug-likeness (QED) is 0.873. The second-order valence-corrected chi connectivity index (χ2v) is 6.97. The van der Waals surface area contributed by atoms with Crippen LogP contribution in [0.3, 0.4) is 0 Å². The van der Waals surface area contributed by atoms with Crippen molar-refractivity contribution in [1.82, 2.24) is 0 Å². The molecule has 1 saturated heterocycles. The number of piperidine rings is 1. The minimum Gasteiger partial charge on any atom is -0.480 e. The molecule has 0 spiro atoms. The van der Waals surface area contributed by atoms with Crippen molar-refractivity contribution in [2.75, 3.05) is 11.4 Å². The predicted molar refractivity (Wildman–Crippen MR) is 84.4 cm³/mol. The van der Waals surface area contributed by atoms with E-state index in [9.17, 15) is 14.7 Å². The molecule has 1 aromatic rings. The van der Waals surface area contributed by atoms with E-state index in [4.69, 9.17) is 5.73 Å². The Kier molecular flexibility index (Phi) is 4.27. The van der Waals surface area contributed by atoms with Crippen molar-refractivity contribution < 1.29 is 14.7 Å². The smallest absolute Gasteiger partial charge is 0.326 e. The third kappa shape index (κ3) is 3.05. The summed E-state index contributed by atoms with van der Waals surface area (Å²) in [6.45, 7) is 4.49. The fraction of sp³-hybridized carbons (Fsp3) is 0.467. The molecule has 1 atom stereocenters. The molecule has 2 rings (SSSR count). The van der Waals surface area contributed by atoms with Crippen LogP contribution in [0.4, 0.5) is 5.69 Å². The van der Waals surface area contributed by atoms with Gasteiger partial charge in [0.2, 0.25) is 0 Å². The number of anilines is 1. The highest BCUT2D eigenvalue weighted by atomic mass is 79.9. The summed E-state index contributed by atoms with van der Waals surface area (Å²) in [5, 5.41) is 9.62. The normalized spacial score (nSPS) is 21.1. The van der Waals surface area contributed by atoms with Crippen molar-refractivity contribution >= 4 is 33.5 Å². The fourth-order valence-corrected chi connectivity index (χ4v) is 3.44. The minimum absolute atomic E-state index is 0.341. The number of nitrogens with zero attached hydrogens (tertiary/aromatic N) is 1. The first kappa shape index (κ1) is 15.8. The summed E-state index contributed by atoms with van der Waals surface area (Å²) in [5.41, 5.74) is 6.01. The molecule has 1 fully saturated rings. The van der Waals surface area contributed by atoms with Crippen molar-refractivity contribution in [1.29, 1.82) is 0 Å². The zero-order chi connectivity index (χ0) is 15.8. The van der Waals surface area contributed by atoms with Crippen LogP contribution in [-0.4, -0.2) is 29.6 Å². The first-order chi connectivity index (χ1) is 9.74. The second kappa shape index (κ2) is 5.67. The molecule has 3 N–H and O–H groups in total. The Morgan fingerprint density at radius 1 is 1.43 bits per heavy atom. The SMILES string of the molecule is CC1(C)CCCN(c2ccc(Br)cc2C(N)=O)C1C(=O)O. The van der Waals surface area contributed by atoms with Gasteiger partial charge in [-0.3, -0.25) is 4.79 Å². The molecule has 0 saturated carbocycles. The van der Waals surface area contributed by atoms with E-state index >= 15 is 0 Å². The van der Waals surface area contributed by atoms with Crippen LogP contribution in [-0.2, 0) is 4.79 Å². The first-order valence-corrected chi connectivity index (χ1v) is 7.62. The van der Waals surface area contributed by atoms with Gasteiger partial charge < -0.3 is 15.7 Å². The van der Waals surface area contributed by atoms with Crippen LogP contribution in [0.1, 0.15) is 37.0 Å². The Morgan fingerprint density at radius 3 is 2.67 bits per heavy atom. The number of hydrogen-bond acceptors (Lipinski definition) is 3. The highest BCUT2D eigenvalue weighted by Gasteiger charge is 2.43. The predicted octanol–water partition coefficient (Wildman–Crippen LogP) is 2.63. The molecule has 0 radical (unpaired) electrons. The number of halogens is 1. The van der Waals surface area contributed by atoms with E-state index in [1.807, 2.05) is 13.8 Å². The van der Waals surface area contributed by atoms with Gasteiger partial charge >= 0.3 is 5.97 Å². The van der Waals surface area contributed by atoms with E-state index in [0.717, 1.165) is 17.3 Å². The van der Waals surface area contributed by atoms with Gasteiger partial charge in [0.1, 0.15) is 6.04 Å². The number of nitrogens with two attached hydrogens (primary N) is 1. The van der Waals surface area contributed by atoms with E-state index in [2.05, 4.69) is 15.9 Å². The number of hydrogen-bond donors (Lipinski definition) is 2. The lowest BCUT2D eigenvalue weighted by molar-refractivity contribution is -0.142. The van der Waals surface area contributed by atoms with Gasteiger partial charge in [-0.15, -0.1) is 0 Å². The highest BCUT2D eigenvalue weighted by Crippen LogP contribution is 2.39. The summed E-state index contributed by atoms with van der Waals surface area (Å²) < 4.78 is 0.739. The molecule has 5 nitrogen and oxygen atoms in total. The Morgan fingerprint density at radius 2 is 2.10 bits per heavy atom. The van der Waals surface area contributed by atoms with Crippen molar-refractivity contribution in [2.45, 2.75) is 32.7 Å². The van der Waals surface area contributed by atoms with E-state index < -0.39 is 17.9 Å². The van der Waals surface area contributed by atoms with Crippen molar-refractivity contribution in [3.8, 4) is 0 Å². The number of primary amides is 1. The molecule has 1 amide bonds. The van der Waals surface area contributed by atoms with Crippen LogP contribution in [0, 0.1) is 5.41 Å². The van der Waals surface area contributed by atoms with Crippen molar-refractivity contribution in [3.63, 3.8) is 0 Å². The zero-order valence-corrected chi connectivity index (χ0v) is 13.7. The fourth-order valence-electron chi connectivity index (χ4n) is 3.08. The van der Waals surface area contributed by atoms with Crippen LogP contribution in [0.25, 0.3) is 0 Å². The average Bonchev–Trinajstić information content (AvgIpc) is 2.36. The summed E-state index contributed by atoms with van der Waals surface area (Å²) in [5.74, 6) is -1.43. The Balaban J connectivity index is 2.53. The van der Waals surface area contributed by atoms with Crippen molar-refractivity contribution in [3.05, 3.63) is 28.2 Å². The monoisotopic (exact) mass is 354 g/mol. The summed E-state index contributed by atoms with van der Waals surface area (Å²) in [7, 11) is 0. The number of benzene rings is 1. The topological polar surface area (TPSA) is 83.6 Å².